The second-order valence-corrected chi connectivity index (χ2v) is 8.34. The van der Waals surface area contributed by atoms with Gasteiger partial charge in [0.05, 0.1) is 0 Å². The highest BCUT2D eigenvalue weighted by molar-refractivity contribution is 5.92. The summed E-state index contributed by atoms with van der Waals surface area (Å²) in [6, 6.07) is -2.74. The van der Waals surface area contributed by atoms with Gasteiger partial charge in [0.2, 0.25) is 5.91 Å². The summed E-state index contributed by atoms with van der Waals surface area (Å²) >= 11 is 0. The van der Waals surface area contributed by atoms with Crippen molar-refractivity contribution in [3.05, 3.63) is 0 Å². The Bertz CT molecular complexity index is 519. The quantitative estimate of drug-likeness (QED) is 0.780. The van der Waals surface area contributed by atoms with Crippen LogP contribution < -0.4 is 5.32 Å². The SMILES string of the molecule is CN(C(=O)[C@@H](NC(=O)C(F)(F)F)C(C)(C)C)[C@@H](CC(C)(C)C)C(=O)O. The van der Waals surface area contributed by atoms with Crippen molar-refractivity contribution in [2.45, 2.75) is 66.2 Å². The van der Waals surface area contributed by atoms with Gasteiger partial charge in [0.15, 0.2) is 0 Å². The number of carbonyl (C=O) groups excluding carboxylic acids is 2. The highest BCUT2D eigenvalue weighted by atomic mass is 19.4. The van der Waals surface area contributed by atoms with Gasteiger partial charge >= 0.3 is 18.1 Å². The molecule has 0 aromatic carbocycles. The number of aliphatic carboxylic acids is 1. The van der Waals surface area contributed by atoms with Gasteiger partial charge in [-0.15, -0.1) is 0 Å². The standard InChI is InChI=1S/C16H27F3N2O4/c1-14(2,3)8-9(12(23)24)21(7)11(22)10(15(4,5)6)20-13(25)16(17,18)19/h9-10H,8H2,1-7H3,(H,20,25)(H,23,24)/t9-,10+/m0/s1. The molecule has 2 atom stereocenters. The van der Waals surface area contributed by atoms with Gasteiger partial charge < -0.3 is 15.3 Å². The first-order valence-corrected chi connectivity index (χ1v) is 7.75. The van der Waals surface area contributed by atoms with E-state index in [-0.39, 0.29) is 6.42 Å². The maximum Gasteiger partial charge on any atom is 0.471 e. The topological polar surface area (TPSA) is 86.7 Å². The van der Waals surface area contributed by atoms with Gasteiger partial charge in [0.25, 0.3) is 0 Å². The Morgan fingerprint density at radius 1 is 1.04 bits per heavy atom. The van der Waals surface area contributed by atoms with Crippen LogP contribution in [-0.2, 0) is 14.4 Å². The third kappa shape index (κ3) is 7.31. The average Bonchev–Trinajstić information content (AvgIpc) is 2.36. The number of likely N-dealkylation sites (N-methyl/N-ethyl adjacent to an activating group) is 1. The first-order chi connectivity index (χ1) is 10.9. The Hall–Kier alpha value is -1.80. The summed E-state index contributed by atoms with van der Waals surface area (Å²) < 4.78 is 37.6. The molecule has 6 nitrogen and oxygen atoms in total. The van der Waals surface area contributed by atoms with Crippen LogP contribution in [0, 0.1) is 10.8 Å². The Labute approximate surface area is 145 Å². The van der Waals surface area contributed by atoms with E-state index >= 15 is 0 Å². The van der Waals surface area contributed by atoms with Crippen LogP contribution in [0.3, 0.4) is 0 Å². The Morgan fingerprint density at radius 2 is 1.48 bits per heavy atom. The highest BCUT2D eigenvalue weighted by Crippen LogP contribution is 2.27. The summed E-state index contributed by atoms with van der Waals surface area (Å²) in [4.78, 5) is 36.3. The molecule has 25 heavy (non-hydrogen) atoms. The first-order valence-electron chi connectivity index (χ1n) is 7.75. The fraction of sp³-hybridized carbons (Fsp3) is 0.812. The maximum atomic E-state index is 12.7. The Kier molecular flexibility index (Phi) is 7.07. The lowest BCUT2D eigenvalue weighted by atomic mass is 9.84. The van der Waals surface area contributed by atoms with Crippen molar-refractivity contribution in [3.63, 3.8) is 0 Å². The summed E-state index contributed by atoms with van der Waals surface area (Å²) in [6.45, 7) is 9.81. The number of amides is 2. The molecule has 0 heterocycles. The predicted molar refractivity (Wildman–Crippen MR) is 85.7 cm³/mol. The lowest BCUT2D eigenvalue weighted by Crippen LogP contribution is -2.59. The second-order valence-electron chi connectivity index (χ2n) is 8.34. The molecular formula is C16H27F3N2O4. The second kappa shape index (κ2) is 7.61. The van der Waals surface area contributed by atoms with Crippen molar-refractivity contribution in [2.24, 2.45) is 10.8 Å². The van der Waals surface area contributed by atoms with E-state index in [9.17, 15) is 32.7 Å². The van der Waals surface area contributed by atoms with Gasteiger partial charge in [-0.2, -0.15) is 13.2 Å². The van der Waals surface area contributed by atoms with E-state index in [0.29, 0.717) is 0 Å². The number of hydrogen-bond acceptors (Lipinski definition) is 3. The molecular weight excluding hydrogens is 341 g/mol. The summed E-state index contributed by atoms with van der Waals surface area (Å²) in [5, 5.41) is 11.1. The number of nitrogens with zero attached hydrogens (tertiary/aromatic N) is 1. The van der Waals surface area contributed by atoms with Crippen molar-refractivity contribution in [1.82, 2.24) is 10.2 Å². The largest absolute Gasteiger partial charge is 0.480 e. The van der Waals surface area contributed by atoms with Crippen molar-refractivity contribution < 1.29 is 32.7 Å². The number of rotatable bonds is 5. The third-order valence-electron chi connectivity index (χ3n) is 3.55. The van der Waals surface area contributed by atoms with Gasteiger partial charge in [-0.25, -0.2) is 4.79 Å². The van der Waals surface area contributed by atoms with Crippen LogP contribution in [0.5, 0.6) is 0 Å². The first kappa shape index (κ1) is 23.2. The molecule has 2 amide bonds. The van der Waals surface area contributed by atoms with Gasteiger partial charge in [-0.1, -0.05) is 41.5 Å². The summed E-state index contributed by atoms with van der Waals surface area (Å²) in [5.41, 5.74) is -1.47. The zero-order valence-electron chi connectivity index (χ0n) is 15.6. The third-order valence-corrected chi connectivity index (χ3v) is 3.55. The molecule has 0 aromatic heterocycles. The van der Waals surface area contributed by atoms with E-state index in [1.807, 2.05) is 0 Å². The number of hydrogen-bond donors (Lipinski definition) is 2. The van der Waals surface area contributed by atoms with Crippen molar-refractivity contribution >= 4 is 17.8 Å². The molecule has 0 radical (unpaired) electrons. The minimum atomic E-state index is -5.14. The smallest absolute Gasteiger partial charge is 0.471 e. The minimum absolute atomic E-state index is 0.106. The average molecular weight is 368 g/mol. The van der Waals surface area contributed by atoms with Crippen LogP contribution in [0.25, 0.3) is 0 Å². The number of halogens is 3. The molecule has 0 aromatic rings. The Morgan fingerprint density at radius 3 is 1.76 bits per heavy atom. The number of carbonyl (C=O) groups is 3. The van der Waals surface area contributed by atoms with Gasteiger partial charge in [0.1, 0.15) is 12.1 Å². The maximum absolute atomic E-state index is 12.7. The van der Waals surface area contributed by atoms with E-state index in [1.165, 1.54) is 27.8 Å². The van der Waals surface area contributed by atoms with E-state index in [1.54, 1.807) is 26.1 Å². The lowest BCUT2D eigenvalue weighted by Gasteiger charge is -2.37. The van der Waals surface area contributed by atoms with Crippen LogP contribution in [0.2, 0.25) is 0 Å². The number of nitrogens with one attached hydrogen (secondary N) is 1. The fourth-order valence-corrected chi connectivity index (χ4v) is 2.19. The number of carboxylic acid groups (broad SMARTS) is 1. The number of carboxylic acids is 1. The van der Waals surface area contributed by atoms with E-state index in [4.69, 9.17) is 0 Å². The van der Waals surface area contributed by atoms with E-state index in [2.05, 4.69) is 0 Å². The highest BCUT2D eigenvalue weighted by Gasteiger charge is 2.45. The van der Waals surface area contributed by atoms with Crippen molar-refractivity contribution in [1.29, 1.82) is 0 Å². The molecule has 0 rings (SSSR count). The van der Waals surface area contributed by atoms with Crippen LogP contribution in [0.4, 0.5) is 13.2 Å². The predicted octanol–water partition coefficient (Wildman–Crippen LogP) is 2.43. The minimum Gasteiger partial charge on any atom is -0.480 e. The monoisotopic (exact) mass is 368 g/mol. The van der Waals surface area contributed by atoms with Crippen LogP contribution in [-0.4, -0.2) is 53.1 Å². The molecule has 0 spiro atoms. The molecule has 9 heteroatoms. The van der Waals surface area contributed by atoms with Crippen molar-refractivity contribution in [2.75, 3.05) is 7.05 Å². The van der Waals surface area contributed by atoms with E-state index < -0.39 is 46.9 Å². The molecule has 0 saturated carbocycles. The molecule has 0 bridgehead atoms. The zero-order valence-corrected chi connectivity index (χ0v) is 15.6. The fourth-order valence-electron chi connectivity index (χ4n) is 2.19. The molecule has 0 saturated heterocycles. The molecule has 0 aliphatic carbocycles. The summed E-state index contributed by atoms with van der Waals surface area (Å²) in [6.07, 6.45) is -5.03. The Balaban J connectivity index is 5.62. The van der Waals surface area contributed by atoms with Crippen LogP contribution in [0.1, 0.15) is 48.0 Å². The molecule has 2 N–H and O–H groups in total. The molecule has 146 valence electrons. The molecule has 0 fully saturated rings. The normalized spacial score (nSPS) is 15.3. The lowest BCUT2D eigenvalue weighted by molar-refractivity contribution is -0.176. The van der Waals surface area contributed by atoms with Gasteiger partial charge in [-0.05, 0) is 17.3 Å². The van der Waals surface area contributed by atoms with Crippen molar-refractivity contribution in [3.8, 4) is 0 Å². The van der Waals surface area contributed by atoms with E-state index in [0.717, 1.165) is 4.90 Å². The van der Waals surface area contributed by atoms with Crippen LogP contribution in [0.15, 0.2) is 0 Å². The zero-order chi connectivity index (χ0) is 20.4. The summed E-state index contributed by atoms with van der Waals surface area (Å²) in [5.74, 6) is -4.39. The molecule has 0 aliphatic heterocycles. The van der Waals surface area contributed by atoms with Gasteiger partial charge in [-0.3, -0.25) is 9.59 Å². The van der Waals surface area contributed by atoms with Gasteiger partial charge in [0, 0.05) is 7.05 Å². The number of alkyl halides is 3. The summed E-state index contributed by atoms with van der Waals surface area (Å²) in [7, 11) is 1.21. The van der Waals surface area contributed by atoms with Crippen LogP contribution >= 0.6 is 0 Å². The molecule has 0 unspecified atom stereocenters. The molecule has 0 aliphatic rings.